The number of benzene rings is 3. The van der Waals surface area contributed by atoms with Gasteiger partial charge in [-0.1, -0.05) is 67.9 Å². The van der Waals surface area contributed by atoms with E-state index in [-0.39, 0.29) is 23.6 Å². The Morgan fingerprint density at radius 2 is 1.69 bits per heavy atom. The number of aromatic nitrogens is 2. The molecule has 8 heteroatoms. The van der Waals surface area contributed by atoms with Crippen molar-refractivity contribution in [2.45, 2.75) is 32.9 Å². The van der Waals surface area contributed by atoms with Crippen LogP contribution in [0.2, 0.25) is 0 Å². The lowest BCUT2D eigenvalue weighted by molar-refractivity contribution is 0.0982. The molecule has 0 aliphatic rings. The van der Waals surface area contributed by atoms with E-state index in [2.05, 4.69) is 4.98 Å². The van der Waals surface area contributed by atoms with E-state index < -0.39 is 17.2 Å². The maximum Gasteiger partial charge on any atom is 0.330 e. The fraction of sp³-hybridized carbons (Fsp3) is 0.222. The number of ether oxygens (including phenoxy) is 1. The number of rotatable bonds is 8. The van der Waals surface area contributed by atoms with Crippen LogP contribution >= 0.6 is 0 Å². The summed E-state index contributed by atoms with van der Waals surface area (Å²) in [5.41, 5.74) is 6.08. The summed E-state index contributed by atoms with van der Waals surface area (Å²) in [7, 11) is 1.49. The highest BCUT2D eigenvalue weighted by Crippen LogP contribution is 2.30. The number of nitrogen functional groups attached to an aromatic ring is 1. The SMILES string of the molecule is CCCCn1c(N)c(N(Cc2ccccc2)C(=O)c2cc3ccccc3cc2OC)c(=O)[nH]c1=O. The van der Waals surface area contributed by atoms with Gasteiger partial charge in [-0.15, -0.1) is 0 Å². The second-order valence-electron chi connectivity index (χ2n) is 8.27. The Morgan fingerprint density at radius 1 is 1.03 bits per heavy atom. The fourth-order valence-corrected chi connectivity index (χ4v) is 4.10. The van der Waals surface area contributed by atoms with Gasteiger partial charge in [0.25, 0.3) is 11.5 Å². The average Bonchev–Trinajstić information content (AvgIpc) is 2.87. The number of aromatic amines is 1. The van der Waals surface area contributed by atoms with Crippen LogP contribution in [-0.2, 0) is 13.1 Å². The first-order valence-corrected chi connectivity index (χ1v) is 11.5. The van der Waals surface area contributed by atoms with Crippen molar-refractivity contribution in [3.63, 3.8) is 0 Å². The lowest BCUT2D eigenvalue weighted by Crippen LogP contribution is -2.41. The van der Waals surface area contributed by atoms with Gasteiger partial charge < -0.3 is 10.5 Å². The van der Waals surface area contributed by atoms with Gasteiger partial charge in [-0.3, -0.25) is 24.0 Å². The van der Waals surface area contributed by atoms with Crippen molar-refractivity contribution < 1.29 is 9.53 Å². The van der Waals surface area contributed by atoms with Gasteiger partial charge in [0.05, 0.1) is 19.2 Å². The molecule has 0 spiro atoms. The molecule has 1 amide bonds. The minimum absolute atomic E-state index is 0.0452. The number of methoxy groups -OCH3 is 1. The number of nitrogens with zero attached hydrogens (tertiary/aromatic N) is 2. The van der Waals surface area contributed by atoms with E-state index in [0.717, 1.165) is 22.8 Å². The molecule has 0 saturated heterocycles. The predicted octanol–water partition coefficient (Wildman–Crippen LogP) is 3.93. The van der Waals surface area contributed by atoms with Crippen molar-refractivity contribution >= 4 is 28.2 Å². The third-order valence-electron chi connectivity index (χ3n) is 5.95. The van der Waals surface area contributed by atoms with Gasteiger partial charge in [0.2, 0.25) is 0 Å². The molecule has 180 valence electrons. The molecule has 0 bridgehead atoms. The van der Waals surface area contributed by atoms with E-state index in [0.29, 0.717) is 18.7 Å². The average molecular weight is 473 g/mol. The minimum Gasteiger partial charge on any atom is -0.496 e. The summed E-state index contributed by atoms with van der Waals surface area (Å²) < 4.78 is 6.86. The third-order valence-corrected chi connectivity index (χ3v) is 5.95. The number of amides is 1. The molecule has 0 aliphatic heterocycles. The predicted molar refractivity (Wildman–Crippen MR) is 138 cm³/mol. The molecule has 0 radical (unpaired) electrons. The number of hydrogen-bond donors (Lipinski definition) is 2. The first-order valence-electron chi connectivity index (χ1n) is 11.5. The number of nitrogens with one attached hydrogen (secondary N) is 1. The van der Waals surface area contributed by atoms with Gasteiger partial charge in [-0.05, 0) is 34.9 Å². The number of nitrogens with two attached hydrogens (primary N) is 1. The maximum absolute atomic E-state index is 14.0. The van der Waals surface area contributed by atoms with Crippen LogP contribution in [0.3, 0.4) is 0 Å². The Kier molecular flexibility index (Phi) is 7.01. The lowest BCUT2D eigenvalue weighted by Gasteiger charge is -2.25. The Morgan fingerprint density at radius 3 is 2.34 bits per heavy atom. The van der Waals surface area contributed by atoms with Crippen LogP contribution in [0.25, 0.3) is 10.8 Å². The first-order chi connectivity index (χ1) is 16.9. The summed E-state index contributed by atoms with van der Waals surface area (Å²) in [6, 6.07) is 20.4. The molecule has 0 atom stereocenters. The van der Waals surface area contributed by atoms with Crippen molar-refractivity contribution in [1.82, 2.24) is 9.55 Å². The second-order valence-corrected chi connectivity index (χ2v) is 8.27. The normalized spacial score (nSPS) is 10.9. The molecule has 3 N–H and O–H groups in total. The van der Waals surface area contributed by atoms with E-state index >= 15 is 0 Å². The zero-order valence-electron chi connectivity index (χ0n) is 19.8. The van der Waals surface area contributed by atoms with Crippen LogP contribution in [0.4, 0.5) is 11.5 Å². The Bertz CT molecular complexity index is 1470. The summed E-state index contributed by atoms with van der Waals surface area (Å²) >= 11 is 0. The zero-order chi connectivity index (χ0) is 24.9. The van der Waals surface area contributed by atoms with Gasteiger partial charge in [-0.2, -0.15) is 0 Å². The second kappa shape index (κ2) is 10.3. The molecule has 1 heterocycles. The largest absolute Gasteiger partial charge is 0.496 e. The number of carbonyl (C=O) groups is 1. The Hall–Kier alpha value is -4.33. The van der Waals surface area contributed by atoms with Gasteiger partial charge in [0.1, 0.15) is 11.6 Å². The molecule has 4 rings (SSSR count). The lowest BCUT2D eigenvalue weighted by atomic mass is 10.0. The molecule has 8 nitrogen and oxygen atoms in total. The summed E-state index contributed by atoms with van der Waals surface area (Å²) in [5, 5.41) is 1.77. The maximum atomic E-state index is 14.0. The van der Waals surface area contributed by atoms with Gasteiger partial charge in [-0.25, -0.2) is 4.79 Å². The molecular formula is C27H28N4O4. The Balaban J connectivity index is 1.91. The highest BCUT2D eigenvalue weighted by molar-refractivity contribution is 6.11. The molecule has 0 aliphatic carbocycles. The number of unbranched alkanes of at least 4 members (excludes halogenated alkanes) is 1. The van der Waals surface area contributed by atoms with E-state index in [1.54, 1.807) is 12.1 Å². The number of anilines is 2. The van der Waals surface area contributed by atoms with Gasteiger partial charge >= 0.3 is 5.69 Å². The molecule has 4 aromatic rings. The summed E-state index contributed by atoms with van der Waals surface area (Å²) in [5.74, 6) is -0.133. The van der Waals surface area contributed by atoms with Gasteiger partial charge in [0.15, 0.2) is 5.69 Å². The number of H-pyrrole nitrogens is 1. The topological polar surface area (TPSA) is 110 Å². The number of fused-ring (bicyclic) bond motifs is 1. The van der Waals surface area contributed by atoms with E-state index in [1.165, 1.54) is 16.6 Å². The quantitative estimate of drug-likeness (QED) is 0.404. The monoisotopic (exact) mass is 472 g/mol. The van der Waals surface area contributed by atoms with Crippen LogP contribution in [0, 0.1) is 0 Å². The van der Waals surface area contributed by atoms with E-state index in [4.69, 9.17) is 10.5 Å². The van der Waals surface area contributed by atoms with Crippen molar-refractivity contribution in [2.24, 2.45) is 0 Å². The van der Waals surface area contributed by atoms with Crippen LogP contribution in [0.5, 0.6) is 5.75 Å². The fourth-order valence-electron chi connectivity index (χ4n) is 4.10. The van der Waals surface area contributed by atoms with Crippen LogP contribution in [-0.4, -0.2) is 22.6 Å². The summed E-state index contributed by atoms with van der Waals surface area (Å²) in [6.45, 7) is 2.40. The van der Waals surface area contributed by atoms with Crippen molar-refractivity contribution in [1.29, 1.82) is 0 Å². The van der Waals surface area contributed by atoms with E-state index in [9.17, 15) is 14.4 Å². The molecular weight excluding hydrogens is 444 g/mol. The molecule has 1 aromatic heterocycles. The van der Waals surface area contributed by atoms with Crippen molar-refractivity contribution in [3.8, 4) is 5.75 Å². The number of carbonyl (C=O) groups excluding carboxylic acids is 1. The van der Waals surface area contributed by atoms with Crippen molar-refractivity contribution in [3.05, 3.63) is 98.7 Å². The first kappa shape index (κ1) is 23.8. The minimum atomic E-state index is -0.718. The molecule has 0 unspecified atom stereocenters. The van der Waals surface area contributed by atoms with Crippen LogP contribution in [0.15, 0.2) is 76.3 Å². The molecule has 0 fully saturated rings. The zero-order valence-corrected chi connectivity index (χ0v) is 19.8. The standard InChI is InChI=1S/C27H28N4O4/c1-3-4-14-30-24(28)23(25(32)29-27(30)34)31(17-18-10-6-5-7-11-18)26(33)21-15-19-12-8-9-13-20(19)16-22(21)35-2/h5-13,15-16H,3-4,14,17,28H2,1-2H3,(H,29,32,34). The molecule has 35 heavy (non-hydrogen) atoms. The Labute approximate surface area is 202 Å². The van der Waals surface area contributed by atoms with Gasteiger partial charge in [0, 0.05) is 6.54 Å². The van der Waals surface area contributed by atoms with Crippen LogP contribution in [0.1, 0.15) is 35.7 Å². The molecule has 0 saturated carbocycles. The highest BCUT2D eigenvalue weighted by atomic mass is 16.5. The van der Waals surface area contributed by atoms with Crippen molar-refractivity contribution in [2.75, 3.05) is 17.7 Å². The summed E-state index contributed by atoms with van der Waals surface area (Å²) in [6.07, 6.45) is 1.53. The number of hydrogen-bond acceptors (Lipinski definition) is 5. The summed E-state index contributed by atoms with van der Waals surface area (Å²) in [4.78, 5) is 43.2. The smallest absolute Gasteiger partial charge is 0.330 e. The molecule has 3 aromatic carbocycles. The van der Waals surface area contributed by atoms with Crippen LogP contribution < -0.4 is 26.6 Å². The highest BCUT2D eigenvalue weighted by Gasteiger charge is 2.28. The third kappa shape index (κ3) is 4.82. The van der Waals surface area contributed by atoms with E-state index in [1.807, 2.05) is 61.5 Å².